The van der Waals surface area contributed by atoms with E-state index in [2.05, 4.69) is 21.2 Å². The first-order valence-electron chi connectivity index (χ1n) is 6.51. The first-order valence-corrected chi connectivity index (χ1v) is 7.31. The molecule has 1 amide bonds. The quantitative estimate of drug-likeness (QED) is 0.673. The Morgan fingerprint density at radius 3 is 2.62 bits per heavy atom. The normalized spacial score (nSPS) is 25.6. The molecule has 2 unspecified atom stereocenters. The number of amides is 1. The van der Waals surface area contributed by atoms with E-state index in [4.69, 9.17) is 4.74 Å². The molecule has 1 N–H and O–H groups in total. The number of para-hydroxylation sites is 1. The van der Waals surface area contributed by atoms with Gasteiger partial charge in [-0.2, -0.15) is 0 Å². The summed E-state index contributed by atoms with van der Waals surface area (Å²) in [5.41, 5.74) is 0.858. The molecule has 104 valence electrons. The van der Waals surface area contributed by atoms with E-state index in [1.165, 1.54) is 0 Å². The zero-order valence-corrected chi connectivity index (χ0v) is 12.4. The van der Waals surface area contributed by atoms with Crippen molar-refractivity contribution in [2.24, 2.45) is 0 Å². The van der Waals surface area contributed by atoms with E-state index < -0.39 is 11.7 Å². The summed E-state index contributed by atoms with van der Waals surface area (Å²) in [6.45, 7) is 0. The Balaban J connectivity index is 1.70. The van der Waals surface area contributed by atoms with Crippen LogP contribution in [-0.4, -0.2) is 17.8 Å². The Hall–Kier alpha value is -1.98. The zero-order valence-electron chi connectivity index (χ0n) is 10.8. The molecule has 4 rings (SSSR count). The molecule has 2 aromatic rings. The van der Waals surface area contributed by atoms with Crippen LogP contribution in [0.15, 0.2) is 53.0 Å². The van der Waals surface area contributed by atoms with Crippen LogP contribution >= 0.6 is 15.9 Å². The number of benzene rings is 2. The van der Waals surface area contributed by atoms with E-state index in [-0.39, 0.29) is 11.7 Å². The van der Waals surface area contributed by atoms with Crippen molar-refractivity contribution in [1.29, 1.82) is 0 Å². The minimum Gasteiger partial charge on any atom is -0.342 e. The van der Waals surface area contributed by atoms with E-state index in [0.29, 0.717) is 11.3 Å². The third-order valence-corrected chi connectivity index (χ3v) is 4.42. The van der Waals surface area contributed by atoms with Crippen molar-refractivity contribution in [3.05, 3.63) is 64.1 Å². The van der Waals surface area contributed by atoms with Crippen molar-refractivity contribution in [3.63, 3.8) is 0 Å². The minimum absolute atomic E-state index is 0.172. The molecule has 0 aliphatic carbocycles. The van der Waals surface area contributed by atoms with Crippen molar-refractivity contribution in [3.8, 4) is 0 Å². The number of hydrogen-bond acceptors (Lipinski definition) is 3. The van der Waals surface area contributed by atoms with Gasteiger partial charge in [0, 0.05) is 21.3 Å². The molecule has 2 aromatic carbocycles. The molecule has 4 nitrogen and oxygen atoms in total. The second-order valence-electron chi connectivity index (χ2n) is 5.10. The maximum absolute atomic E-state index is 12.5. The van der Waals surface area contributed by atoms with Crippen LogP contribution in [-0.2, 0) is 15.1 Å². The second-order valence-corrected chi connectivity index (χ2v) is 6.02. The largest absolute Gasteiger partial charge is 0.342 e. The van der Waals surface area contributed by atoms with E-state index in [1.54, 1.807) is 24.3 Å². The van der Waals surface area contributed by atoms with E-state index in [9.17, 15) is 9.59 Å². The van der Waals surface area contributed by atoms with Gasteiger partial charge in [0.1, 0.15) is 0 Å². The molecule has 1 fully saturated rings. The summed E-state index contributed by atoms with van der Waals surface area (Å²) in [5, 5.41) is 2.77. The van der Waals surface area contributed by atoms with Crippen molar-refractivity contribution in [2.45, 2.75) is 11.7 Å². The number of nitrogens with one attached hydrogen (secondary N) is 1. The van der Waals surface area contributed by atoms with Crippen LogP contribution in [0.3, 0.4) is 0 Å². The molecule has 0 aromatic heterocycles. The summed E-state index contributed by atoms with van der Waals surface area (Å²) in [4.78, 5) is 24.7. The Morgan fingerprint density at radius 1 is 1.14 bits per heavy atom. The molecule has 0 saturated carbocycles. The molecule has 2 aliphatic rings. The van der Waals surface area contributed by atoms with Crippen molar-refractivity contribution in [1.82, 2.24) is 0 Å². The van der Waals surface area contributed by atoms with Crippen LogP contribution in [0.25, 0.3) is 0 Å². The van der Waals surface area contributed by atoms with Crippen molar-refractivity contribution >= 4 is 33.3 Å². The predicted octanol–water partition coefficient (Wildman–Crippen LogP) is 2.88. The molecule has 2 aliphatic heterocycles. The monoisotopic (exact) mass is 343 g/mol. The van der Waals surface area contributed by atoms with Crippen LogP contribution in [0.1, 0.15) is 15.9 Å². The minimum atomic E-state index is -1.14. The van der Waals surface area contributed by atoms with Crippen LogP contribution < -0.4 is 5.32 Å². The standard InChI is InChI=1S/C16H10BrNO3/c17-10-7-5-9(6-8-10)13(19)14-16(21-14)11-3-1-2-4-12(11)18-15(16)20/h1-8,14H,(H,18,20). The molecule has 21 heavy (non-hydrogen) atoms. The lowest BCUT2D eigenvalue weighted by atomic mass is 9.92. The lowest BCUT2D eigenvalue weighted by molar-refractivity contribution is -0.120. The summed E-state index contributed by atoms with van der Waals surface area (Å²) in [7, 11) is 0. The molecular weight excluding hydrogens is 334 g/mol. The van der Waals surface area contributed by atoms with Gasteiger partial charge >= 0.3 is 0 Å². The Labute approximate surface area is 129 Å². The number of anilines is 1. The van der Waals surface area contributed by atoms with Gasteiger partial charge in [0.15, 0.2) is 11.9 Å². The number of hydrogen-bond donors (Lipinski definition) is 1. The van der Waals surface area contributed by atoms with E-state index >= 15 is 0 Å². The van der Waals surface area contributed by atoms with Gasteiger partial charge in [0.25, 0.3) is 5.91 Å². The molecule has 5 heteroatoms. The smallest absolute Gasteiger partial charge is 0.264 e. The van der Waals surface area contributed by atoms with Gasteiger partial charge in [0.05, 0.1) is 0 Å². The van der Waals surface area contributed by atoms with Crippen LogP contribution in [0.4, 0.5) is 5.69 Å². The number of fused-ring (bicyclic) bond motifs is 2. The zero-order chi connectivity index (χ0) is 14.6. The van der Waals surface area contributed by atoms with Crippen LogP contribution in [0.2, 0.25) is 0 Å². The summed E-state index contributed by atoms with van der Waals surface area (Å²) in [6, 6.07) is 14.3. The number of rotatable bonds is 2. The Morgan fingerprint density at radius 2 is 1.86 bits per heavy atom. The third kappa shape index (κ3) is 1.71. The van der Waals surface area contributed by atoms with E-state index in [1.807, 2.05) is 24.3 Å². The fraction of sp³-hybridized carbons (Fsp3) is 0.125. The lowest BCUT2D eigenvalue weighted by Gasteiger charge is -2.02. The molecule has 0 radical (unpaired) electrons. The Kier molecular flexibility index (Phi) is 2.58. The molecular formula is C16H10BrNO3. The number of ether oxygens (including phenoxy) is 1. The fourth-order valence-corrected chi connectivity index (χ4v) is 3.05. The fourth-order valence-electron chi connectivity index (χ4n) is 2.79. The summed E-state index contributed by atoms with van der Waals surface area (Å²) < 4.78 is 6.47. The Bertz CT molecular complexity index is 771. The third-order valence-electron chi connectivity index (χ3n) is 3.90. The molecule has 2 atom stereocenters. The summed E-state index contributed by atoms with van der Waals surface area (Å²) >= 11 is 3.33. The highest BCUT2D eigenvalue weighted by atomic mass is 79.9. The lowest BCUT2D eigenvalue weighted by Crippen LogP contribution is -2.27. The first-order chi connectivity index (χ1) is 10.1. The van der Waals surface area contributed by atoms with Gasteiger partial charge in [-0.3, -0.25) is 9.59 Å². The van der Waals surface area contributed by atoms with Gasteiger partial charge in [0.2, 0.25) is 5.60 Å². The highest BCUT2D eigenvalue weighted by Crippen LogP contribution is 2.54. The topological polar surface area (TPSA) is 58.7 Å². The number of carbonyl (C=O) groups excluding carboxylic acids is 2. The highest BCUT2D eigenvalue weighted by Gasteiger charge is 2.70. The second kappa shape index (κ2) is 4.26. The highest BCUT2D eigenvalue weighted by molar-refractivity contribution is 9.10. The maximum atomic E-state index is 12.5. The molecule has 1 spiro atoms. The average Bonchev–Trinajstić information content (AvgIpc) is 3.18. The van der Waals surface area contributed by atoms with Gasteiger partial charge in [-0.1, -0.05) is 46.3 Å². The SMILES string of the molecule is O=C(c1ccc(Br)cc1)C1OC12C(=O)Nc1ccccc12. The number of halogens is 1. The summed E-state index contributed by atoms with van der Waals surface area (Å²) in [6.07, 6.45) is -0.748. The van der Waals surface area contributed by atoms with Gasteiger partial charge in [-0.25, -0.2) is 0 Å². The van der Waals surface area contributed by atoms with Gasteiger partial charge in [-0.05, 0) is 18.2 Å². The average molecular weight is 344 g/mol. The van der Waals surface area contributed by atoms with Crippen LogP contribution in [0.5, 0.6) is 0 Å². The van der Waals surface area contributed by atoms with Crippen molar-refractivity contribution in [2.75, 3.05) is 5.32 Å². The number of Topliss-reactive ketones (excluding diaryl/α,β-unsaturated/α-hetero) is 1. The first kappa shape index (κ1) is 12.7. The predicted molar refractivity (Wildman–Crippen MR) is 80.1 cm³/mol. The number of epoxide rings is 1. The van der Waals surface area contributed by atoms with Crippen molar-refractivity contribution < 1.29 is 14.3 Å². The van der Waals surface area contributed by atoms with Crippen LogP contribution in [0, 0.1) is 0 Å². The molecule has 0 bridgehead atoms. The van der Waals surface area contributed by atoms with Gasteiger partial charge in [-0.15, -0.1) is 0 Å². The molecule has 1 saturated heterocycles. The number of carbonyl (C=O) groups is 2. The maximum Gasteiger partial charge on any atom is 0.264 e. The number of ketones is 1. The summed E-state index contributed by atoms with van der Waals surface area (Å²) in [5.74, 6) is -0.437. The molecule has 2 heterocycles. The van der Waals surface area contributed by atoms with Gasteiger partial charge < -0.3 is 10.1 Å². The van der Waals surface area contributed by atoms with E-state index in [0.717, 1.165) is 10.0 Å².